The van der Waals surface area contributed by atoms with Crippen LogP contribution in [0.25, 0.3) is 11.1 Å². The van der Waals surface area contributed by atoms with Crippen LogP contribution in [-0.2, 0) is 15.5 Å². The smallest absolute Gasteiger partial charge is 0.399 e. The highest BCUT2D eigenvalue weighted by molar-refractivity contribution is 6.62. The highest BCUT2D eigenvalue weighted by atomic mass is 19.4. The van der Waals surface area contributed by atoms with Crippen LogP contribution in [0, 0.1) is 0 Å². The molecule has 2 aromatic carbocycles. The molecule has 0 spiro atoms. The van der Waals surface area contributed by atoms with Crippen molar-refractivity contribution in [2.45, 2.75) is 77.6 Å². The van der Waals surface area contributed by atoms with Crippen LogP contribution in [0.15, 0.2) is 42.5 Å². The zero-order valence-corrected chi connectivity index (χ0v) is 19.6. The van der Waals surface area contributed by atoms with Gasteiger partial charge in [0.2, 0.25) is 0 Å². The Hall–Kier alpha value is -1.87. The molecule has 1 atom stereocenters. The van der Waals surface area contributed by atoms with Crippen molar-refractivity contribution in [3.63, 3.8) is 0 Å². The van der Waals surface area contributed by atoms with Gasteiger partial charge in [0.25, 0.3) is 0 Å². The lowest BCUT2D eigenvalue weighted by molar-refractivity contribution is -0.137. The van der Waals surface area contributed by atoms with Gasteiger partial charge in [0.05, 0.1) is 16.8 Å². The van der Waals surface area contributed by atoms with Gasteiger partial charge in [-0.1, -0.05) is 24.3 Å². The molecule has 1 aliphatic heterocycles. The van der Waals surface area contributed by atoms with E-state index in [-0.39, 0.29) is 5.54 Å². The minimum absolute atomic E-state index is 0.353. The lowest BCUT2D eigenvalue weighted by atomic mass is 9.76. The highest BCUT2D eigenvalue weighted by Crippen LogP contribution is 2.37. The normalized spacial score (nSPS) is 19.3. The van der Waals surface area contributed by atoms with E-state index in [0.717, 1.165) is 12.1 Å². The maximum Gasteiger partial charge on any atom is 0.494 e. The first-order valence-corrected chi connectivity index (χ1v) is 10.6. The van der Waals surface area contributed by atoms with Gasteiger partial charge in [-0.2, -0.15) is 13.2 Å². The SMILES string of the molecule is CC(C)(C)NC(O)c1cc(B2OC(C)(C)C(C)(C)O2)cc(-c2ccc(C(F)(F)F)cc2)c1. The van der Waals surface area contributed by atoms with Gasteiger partial charge in [-0.15, -0.1) is 0 Å². The third-order valence-corrected chi connectivity index (χ3v) is 5.93. The molecule has 1 heterocycles. The fourth-order valence-corrected chi connectivity index (χ4v) is 3.46. The minimum Gasteiger partial charge on any atom is -0.399 e. The van der Waals surface area contributed by atoms with Crippen molar-refractivity contribution in [1.29, 1.82) is 0 Å². The average molecular weight is 449 g/mol. The number of hydrogen-bond acceptors (Lipinski definition) is 4. The predicted octanol–water partition coefficient (Wildman–Crippen LogP) is 5.05. The van der Waals surface area contributed by atoms with Crippen molar-refractivity contribution in [2.24, 2.45) is 0 Å². The molecule has 4 nitrogen and oxygen atoms in total. The Morgan fingerprint density at radius 1 is 0.875 bits per heavy atom. The molecule has 0 bridgehead atoms. The summed E-state index contributed by atoms with van der Waals surface area (Å²) >= 11 is 0. The van der Waals surface area contributed by atoms with Crippen LogP contribution in [0.3, 0.4) is 0 Å². The Labute approximate surface area is 188 Å². The van der Waals surface area contributed by atoms with Crippen LogP contribution >= 0.6 is 0 Å². The number of hydrogen-bond donors (Lipinski definition) is 2. The lowest BCUT2D eigenvalue weighted by Gasteiger charge is -2.32. The van der Waals surface area contributed by atoms with Crippen LogP contribution in [0.1, 0.15) is 65.8 Å². The quantitative estimate of drug-likeness (QED) is 0.507. The van der Waals surface area contributed by atoms with Crippen LogP contribution in [0.2, 0.25) is 0 Å². The van der Waals surface area contributed by atoms with E-state index in [9.17, 15) is 18.3 Å². The minimum atomic E-state index is -4.40. The fourth-order valence-electron chi connectivity index (χ4n) is 3.46. The van der Waals surface area contributed by atoms with Gasteiger partial charge in [-0.05, 0) is 88.8 Å². The standard InChI is InChI=1S/C24H31BF3NO3/c1-21(2,3)29-20(30)17-12-16(15-8-10-18(11-9-15)24(26,27)28)13-19(14-17)25-31-22(4,5)23(6,7)32-25/h8-14,20,29-30H,1-7H3. The van der Waals surface area contributed by atoms with Gasteiger partial charge in [0.15, 0.2) is 0 Å². The number of rotatable bonds is 4. The van der Waals surface area contributed by atoms with Crippen LogP contribution in [-0.4, -0.2) is 29.0 Å². The molecular formula is C24H31BF3NO3. The zero-order chi connectivity index (χ0) is 24.1. The van der Waals surface area contributed by atoms with Crippen molar-refractivity contribution in [3.05, 3.63) is 53.6 Å². The number of aliphatic hydroxyl groups excluding tert-OH is 1. The number of alkyl halides is 3. The van der Waals surface area contributed by atoms with Gasteiger partial charge >= 0.3 is 13.3 Å². The third kappa shape index (κ3) is 5.37. The van der Waals surface area contributed by atoms with E-state index < -0.39 is 36.3 Å². The summed E-state index contributed by atoms with van der Waals surface area (Å²) in [6, 6.07) is 10.4. The number of aliphatic hydroxyl groups is 1. The first kappa shape index (κ1) is 24.8. The van der Waals surface area contributed by atoms with Crippen LogP contribution in [0.4, 0.5) is 13.2 Å². The van der Waals surface area contributed by atoms with Gasteiger partial charge < -0.3 is 14.4 Å². The highest BCUT2D eigenvalue weighted by Gasteiger charge is 2.51. The summed E-state index contributed by atoms with van der Waals surface area (Å²) in [5.41, 5.74) is 0.352. The van der Waals surface area contributed by atoms with E-state index in [1.54, 1.807) is 12.1 Å². The first-order valence-electron chi connectivity index (χ1n) is 10.6. The molecule has 0 aliphatic carbocycles. The Kier molecular flexibility index (Phi) is 6.32. The molecule has 0 amide bonds. The molecule has 2 N–H and O–H groups in total. The molecule has 1 aliphatic rings. The van der Waals surface area contributed by atoms with E-state index in [1.165, 1.54) is 12.1 Å². The van der Waals surface area contributed by atoms with Crippen molar-refractivity contribution in [3.8, 4) is 11.1 Å². The average Bonchev–Trinajstić information content (AvgIpc) is 2.87. The van der Waals surface area contributed by atoms with Crippen molar-refractivity contribution < 1.29 is 27.6 Å². The fraction of sp³-hybridized carbons (Fsp3) is 0.500. The van der Waals surface area contributed by atoms with E-state index in [1.807, 2.05) is 54.5 Å². The molecule has 0 saturated carbocycles. The molecule has 3 rings (SSSR count). The summed E-state index contributed by atoms with van der Waals surface area (Å²) < 4.78 is 51.3. The maximum atomic E-state index is 13.0. The van der Waals surface area contributed by atoms with Crippen molar-refractivity contribution in [2.75, 3.05) is 0 Å². The molecule has 32 heavy (non-hydrogen) atoms. The molecule has 2 aromatic rings. The maximum absolute atomic E-state index is 13.0. The van der Waals surface area contributed by atoms with Gasteiger partial charge in [-0.3, -0.25) is 5.32 Å². The van der Waals surface area contributed by atoms with Gasteiger partial charge in [0, 0.05) is 5.54 Å². The number of benzene rings is 2. The second-order valence-electron chi connectivity index (χ2n) is 10.3. The summed E-state index contributed by atoms with van der Waals surface area (Å²) in [4.78, 5) is 0. The summed E-state index contributed by atoms with van der Waals surface area (Å²) in [6.07, 6.45) is -5.38. The number of nitrogens with one attached hydrogen (secondary N) is 1. The Morgan fingerprint density at radius 3 is 1.88 bits per heavy atom. The van der Waals surface area contributed by atoms with E-state index in [4.69, 9.17) is 9.31 Å². The monoisotopic (exact) mass is 449 g/mol. The van der Waals surface area contributed by atoms with Crippen molar-refractivity contribution in [1.82, 2.24) is 5.32 Å². The molecule has 1 saturated heterocycles. The summed E-state index contributed by atoms with van der Waals surface area (Å²) in [5, 5.41) is 13.9. The van der Waals surface area contributed by atoms with Gasteiger partial charge in [-0.25, -0.2) is 0 Å². The molecule has 1 fully saturated rings. The van der Waals surface area contributed by atoms with Crippen LogP contribution < -0.4 is 10.8 Å². The molecule has 0 aromatic heterocycles. The Balaban J connectivity index is 2.05. The molecular weight excluding hydrogens is 418 g/mol. The third-order valence-electron chi connectivity index (χ3n) is 5.93. The van der Waals surface area contributed by atoms with E-state index in [0.29, 0.717) is 22.2 Å². The molecule has 0 radical (unpaired) electrons. The second kappa shape index (κ2) is 8.17. The largest absolute Gasteiger partial charge is 0.494 e. The number of halogens is 3. The van der Waals surface area contributed by atoms with Gasteiger partial charge in [0.1, 0.15) is 6.23 Å². The summed E-state index contributed by atoms with van der Waals surface area (Å²) in [5.74, 6) is 0. The topological polar surface area (TPSA) is 50.7 Å². The Morgan fingerprint density at radius 2 is 1.41 bits per heavy atom. The lowest BCUT2D eigenvalue weighted by Crippen LogP contribution is -2.41. The molecule has 8 heteroatoms. The van der Waals surface area contributed by atoms with Crippen molar-refractivity contribution >= 4 is 12.6 Å². The predicted molar refractivity (Wildman–Crippen MR) is 120 cm³/mol. The Bertz CT molecular complexity index is 950. The molecule has 1 unspecified atom stereocenters. The van der Waals surface area contributed by atoms with E-state index in [2.05, 4.69) is 5.32 Å². The molecule has 174 valence electrons. The van der Waals surface area contributed by atoms with Crippen LogP contribution in [0.5, 0.6) is 0 Å². The van der Waals surface area contributed by atoms with E-state index >= 15 is 0 Å². The first-order chi connectivity index (χ1) is 14.5. The summed E-state index contributed by atoms with van der Waals surface area (Å²) in [7, 11) is -0.671. The second-order valence-corrected chi connectivity index (χ2v) is 10.3. The zero-order valence-electron chi connectivity index (χ0n) is 19.6. The summed E-state index contributed by atoms with van der Waals surface area (Å²) in [6.45, 7) is 13.6.